The molecule has 0 spiro atoms. The Kier molecular flexibility index (Phi) is 8.61. The number of anilines is 1. The molecule has 0 aliphatic rings. The molecule has 0 saturated heterocycles. The van der Waals surface area contributed by atoms with Gasteiger partial charge in [0.15, 0.2) is 0 Å². The molecule has 0 unspecified atom stereocenters. The molecular formula is C26H33ClN4O3S. The Hall–Kier alpha value is -2.84. The summed E-state index contributed by atoms with van der Waals surface area (Å²) in [5.41, 5.74) is 3.06. The van der Waals surface area contributed by atoms with Gasteiger partial charge in [0.25, 0.3) is 0 Å². The fourth-order valence-corrected chi connectivity index (χ4v) is 5.43. The molecule has 0 aliphatic carbocycles. The maximum absolute atomic E-state index is 13.3. The van der Waals surface area contributed by atoms with Crippen molar-refractivity contribution in [2.45, 2.75) is 64.7 Å². The number of carbonyl (C=O) groups is 1. The molecule has 0 bridgehead atoms. The fraction of sp³-hybridized carbons (Fsp3) is 0.385. The lowest BCUT2D eigenvalue weighted by Crippen LogP contribution is -2.40. The van der Waals surface area contributed by atoms with E-state index in [2.05, 4.69) is 10.3 Å². The summed E-state index contributed by atoms with van der Waals surface area (Å²) < 4.78 is 28.4. The summed E-state index contributed by atoms with van der Waals surface area (Å²) in [6.07, 6.45) is 1.56. The number of benzene rings is 2. The molecule has 3 aromatic rings. The van der Waals surface area contributed by atoms with Crippen molar-refractivity contribution in [1.29, 1.82) is 0 Å². The molecule has 0 radical (unpaired) electrons. The zero-order valence-corrected chi connectivity index (χ0v) is 22.4. The van der Waals surface area contributed by atoms with Crippen LogP contribution in [-0.4, -0.2) is 34.9 Å². The molecule has 0 saturated carbocycles. The van der Waals surface area contributed by atoms with Crippen LogP contribution in [-0.2, 0) is 28.7 Å². The molecule has 188 valence electrons. The van der Waals surface area contributed by atoms with Crippen molar-refractivity contribution in [1.82, 2.24) is 14.5 Å². The van der Waals surface area contributed by atoms with Gasteiger partial charge in [-0.3, -0.25) is 0 Å². The SMILES string of the molecule is Cc1ccc(NC(=O)N(Cc2cnc(S(=O)(=O)Cc3cccc(Cl)c3)n2CC(C)C)C(C)C)cc1. The summed E-state index contributed by atoms with van der Waals surface area (Å²) >= 11 is 6.05. The number of rotatable bonds is 9. The molecule has 9 heteroatoms. The smallest absolute Gasteiger partial charge is 0.317 e. The molecule has 2 aromatic carbocycles. The Morgan fingerprint density at radius 1 is 1.11 bits per heavy atom. The summed E-state index contributed by atoms with van der Waals surface area (Å²) in [6.45, 7) is 10.6. The van der Waals surface area contributed by atoms with Gasteiger partial charge in [-0.15, -0.1) is 0 Å². The van der Waals surface area contributed by atoms with Crippen LogP contribution in [0.4, 0.5) is 10.5 Å². The minimum atomic E-state index is -3.74. The number of nitrogens with zero attached hydrogens (tertiary/aromatic N) is 3. The van der Waals surface area contributed by atoms with E-state index >= 15 is 0 Å². The van der Waals surface area contributed by atoms with Gasteiger partial charge >= 0.3 is 6.03 Å². The lowest BCUT2D eigenvalue weighted by molar-refractivity contribution is 0.191. The minimum Gasteiger partial charge on any atom is -0.317 e. The van der Waals surface area contributed by atoms with Crippen LogP contribution in [0.2, 0.25) is 5.02 Å². The molecule has 7 nitrogen and oxygen atoms in total. The van der Waals surface area contributed by atoms with Crippen LogP contribution in [0.5, 0.6) is 0 Å². The first-order chi connectivity index (χ1) is 16.5. The molecule has 2 amide bonds. The Bertz CT molecular complexity index is 1270. The number of hydrogen-bond donors (Lipinski definition) is 1. The number of carbonyl (C=O) groups excluding carboxylic acids is 1. The maximum Gasteiger partial charge on any atom is 0.322 e. The number of urea groups is 1. The van der Waals surface area contributed by atoms with Crippen molar-refractivity contribution in [3.8, 4) is 0 Å². The number of hydrogen-bond acceptors (Lipinski definition) is 4. The molecule has 1 heterocycles. The number of imidazole rings is 1. The zero-order valence-electron chi connectivity index (χ0n) is 20.8. The standard InChI is InChI=1S/C26H33ClN4O3S/c1-18(2)15-31-24(14-28-26(31)35(33,34)17-21-7-6-8-22(27)13-21)16-30(19(3)4)25(32)29-23-11-9-20(5)10-12-23/h6-14,18-19H,15-17H2,1-5H3,(H,29,32). The number of sulfone groups is 1. The van der Waals surface area contributed by atoms with Gasteiger partial charge in [-0.1, -0.05) is 55.3 Å². The fourth-order valence-electron chi connectivity index (χ4n) is 3.73. The van der Waals surface area contributed by atoms with Gasteiger partial charge < -0.3 is 14.8 Å². The molecule has 3 rings (SSSR count). The summed E-state index contributed by atoms with van der Waals surface area (Å²) in [7, 11) is -3.74. The van der Waals surface area contributed by atoms with Crippen molar-refractivity contribution in [3.63, 3.8) is 0 Å². The van der Waals surface area contributed by atoms with Crippen molar-refractivity contribution in [2.24, 2.45) is 5.92 Å². The number of nitrogens with one attached hydrogen (secondary N) is 1. The minimum absolute atomic E-state index is 0.00354. The van der Waals surface area contributed by atoms with E-state index < -0.39 is 9.84 Å². The van der Waals surface area contributed by atoms with E-state index in [1.165, 1.54) is 0 Å². The largest absolute Gasteiger partial charge is 0.322 e. The van der Waals surface area contributed by atoms with E-state index in [0.29, 0.717) is 28.5 Å². The Morgan fingerprint density at radius 3 is 2.40 bits per heavy atom. The summed E-state index contributed by atoms with van der Waals surface area (Å²) in [5.74, 6) is -0.0267. The van der Waals surface area contributed by atoms with E-state index in [9.17, 15) is 13.2 Å². The second kappa shape index (κ2) is 11.3. The second-order valence-electron chi connectivity index (χ2n) is 9.44. The molecule has 35 heavy (non-hydrogen) atoms. The van der Waals surface area contributed by atoms with Gasteiger partial charge in [-0.25, -0.2) is 18.2 Å². The maximum atomic E-state index is 13.3. The summed E-state index contributed by atoms with van der Waals surface area (Å²) in [6, 6.07) is 14.0. The van der Waals surface area contributed by atoms with Gasteiger partial charge in [0.1, 0.15) is 0 Å². The Morgan fingerprint density at radius 2 is 1.80 bits per heavy atom. The van der Waals surface area contributed by atoms with E-state index in [0.717, 1.165) is 5.56 Å². The number of aromatic nitrogens is 2. The summed E-state index contributed by atoms with van der Waals surface area (Å²) in [5, 5.41) is 3.42. The van der Waals surface area contributed by atoms with Crippen LogP contribution >= 0.6 is 11.6 Å². The van der Waals surface area contributed by atoms with Crippen LogP contribution in [0.15, 0.2) is 59.9 Å². The molecule has 1 aromatic heterocycles. The first kappa shape index (κ1) is 26.8. The predicted molar refractivity (Wildman–Crippen MR) is 140 cm³/mol. The third-order valence-electron chi connectivity index (χ3n) is 5.49. The highest BCUT2D eigenvalue weighted by atomic mass is 35.5. The van der Waals surface area contributed by atoms with Crippen LogP contribution in [0.3, 0.4) is 0 Å². The number of aryl methyl sites for hydroxylation is 1. The topological polar surface area (TPSA) is 84.3 Å². The van der Waals surface area contributed by atoms with E-state index in [1.54, 1.807) is 39.9 Å². The normalized spacial score (nSPS) is 11.8. The van der Waals surface area contributed by atoms with E-state index in [1.807, 2.05) is 58.9 Å². The Labute approximate surface area is 213 Å². The van der Waals surface area contributed by atoms with Crippen molar-refractivity contribution in [3.05, 3.63) is 76.6 Å². The van der Waals surface area contributed by atoms with Crippen LogP contribution < -0.4 is 5.32 Å². The van der Waals surface area contributed by atoms with Gasteiger partial charge in [0.2, 0.25) is 15.0 Å². The van der Waals surface area contributed by atoms with Gasteiger partial charge in [0.05, 0.1) is 24.2 Å². The molecule has 0 fully saturated rings. The molecular weight excluding hydrogens is 484 g/mol. The first-order valence-corrected chi connectivity index (χ1v) is 13.6. The summed E-state index contributed by atoms with van der Waals surface area (Å²) in [4.78, 5) is 19.1. The number of amides is 2. The van der Waals surface area contributed by atoms with Crippen molar-refractivity contribution >= 4 is 33.2 Å². The highest BCUT2D eigenvalue weighted by Crippen LogP contribution is 2.22. The molecule has 1 N–H and O–H groups in total. The predicted octanol–water partition coefficient (Wildman–Crippen LogP) is 5.92. The lowest BCUT2D eigenvalue weighted by atomic mass is 10.2. The highest BCUT2D eigenvalue weighted by molar-refractivity contribution is 7.90. The van der Waals surface area contributed by atoms with Gasteiger partial charge in [0, 0.05) is 23.3 Å². The average Bonchev–Trinajstić information content (AvgIpc) is 3.15. The van der Waals surface area contributed by atoms with E-state index in [4.69, 9.17) is 11.6 Å². The van der Waals surface area contributed by atoms with Crippen LogP contribution in [0.25, 0.3) is 0 Å². The zero-order chi connectivity index (χ0) is 25.8. The lowest BCUT2D eigenvalue weighted by Gasteiger charge is -2.28. The highest BCUT2D eigenvalue weighted by Gasteiger charge is 2.27. The first-order valence-electron chi connectivity index (χ1n) is 11.6. The van der Waals surface area contributed by atoms with E-state index in [-0.39, 0.29) is 35.4 Å². The second-order valence-corrected chi connectivity index (χ2v) is 11.8. The average molecular weight is 517 g/mol. The van der Waals surface area contributed by atoms with Crippen molar-refractivity contribution < 1.29 is 13.2 Å². The van der Waals surface area contributed by atoms with Crippen LogP contribution in [0, 0.1) is 12.8 Å². The molecule has 0 atom stereocenters. The monoisotopic (exact) mass is 516 g/mol. The quantitative estimate of drug-likeness (QED) is 0.382. The molecule has 0 aliphatic heterocycles. The van der Waals surface area contributed by atoms with Gasteiger partial charge in [-0.2, -0.15) is 0 Å². The Balaban J connectivity index is 1.90. The van der Waals surface area contributed by atoms with Crippen molar-refractivity contribution in [2.75, 3.05) is 5.32 Å². The third kappa shape index (κ3) is 7.08. The van der Waals surface area contributed by atoms with Gasteiger partial charge in [-0.05, 0) is 56.5 Å². The third-order valence-corrected chi connectivity index (χ3v) is 7.32. The number of halogens is 1. The van der Waals surface area contributed by atoms with Crippen LogP contribution in [0.1, 0.15) is 44.5 Å².